The van der Waals surface area contributed by atoms with E-state index in [0.717, 1.165) is 13.0 Å². The summed E-state index contributed by atoms with van der Waals surface area (Å²) in [4.78, 5) is 14.7. The van der Waals surface area contributed by atoms with Gasteiger partial charge in [-0.15, -0.1) is 0 Å². The van der Waals surface area contributed by atoms with Crippen LogP contribution in [0.3, 0.4) is 0 Å². The Balaban J connectivity index is 1.90. The molecule has 1 aliphatic carbocycles. The Kier molecular flexibility index (Phi) is 6.01. The Morgan fingerprint density at radius 3 is 2.68 bits per heavy atom. The summed E-state index contributed by atoms with van der Waals surface area (Å²) >= 11 is 0. The average molecular weight is 302 g/mol. The number of amides is 1. The highest BCUT2D eigenvalue weighted by Crippen LogP contribution is 2.24. The van der Waals surface area contributed by atoms with Crippen LogP contribution in [0.2, 0.25) is 0 Å². The van der Waals surface area contributed by atoms with Gasteiger partial charge in [-0.3, -0.25) is 9.69 Å². The minimum atomic E-state index is -0.103. The first kappa shape index (κ1) is 17.0. The molecule has 2 rings (SSSR count). The zero-order chi connectivity index (χ0) is 16.1. The third-order valence-electron chi connectivity index (χ3n) is 5.16. The SMILES string of the molecule is Cc1ccccc1CN(C)C(C)C(=O)NC1CCCCC1C. The molecule has 0 bridgehead atoms. The molecule has 3 unspecified atom stereocenters. The van der Waals surface area contributed by atoms with Gasteiger partial charge in [0.2, 0.25) is 5.91 Å². The molecule has 1 N–H and O–H groups in total. The number of benzene rings is 1. The van der Waals surface area contributed by atoms with Crippen molar-refractivity contribution >= 4 is 5.91 Å². The van der Waals surface area contributed by atoms with Crippen LogP contribution < -0.4 is 5.32 Å². The van der Waals surface area contributed by atoms with Gasteiger partial charge in [0, 0.05) is 12.6 Å². The third-order valence-corrected chi connectivity index (χ3v) is 5.16. The smallest absolute Gasteiger partial charge is 0.237 e. The van der Waals surface area contributed by atoms with E-state index in [0.29, 0.717) is 12.0 Å². The lowest BCUT2D eigenvalue weighted by molar-refractivity contribution is -0.126. The van der Waals surface area contributed by atoms with Gasteiger partial charge in [0.1, 0.15) is 0 Å². The van der Waals surface area contributed by atoms with Crippen LogP contribution in [0.5, 0.6) is 0 Å². The molecule has 0 radical (unpaired) electrons. The summed E-state index contributed by atoms with van der Waals surface area (Å²) in [5.41, 5.74) is 2.57. The van der Waals surface area contributed by atoms with Gasteiger partial charge in [-0.1, -0.05) is 44.0 Å². The van der Waals surface area contributed by atoms with Gasteiger partial charge in [0.15, 0.2) is 0 Å². The van der Waals surface area contributed by atoms with Gasteiger partial charge in [-0.25, -0.2) is 0 Å². The van der Waals surface area contributed by atoms with E-state index in [1.165, 1.54) is 30.4 Å². The maximum Gasteiger partial charge on any atom is 0.237 e. The number of hydrogen-bond donors (Lipinski definition) is 1. The monoisotopic (exact) mass is 302 g/mol. The highest BCUT2D eigenvalue weighted by atomic mass is 16.2. The molecule has 1 fully saturated rings. The molecular formula is C19H30N2O. The summed E-state index contributed by atoms with van der Waals surface area (Å²) in [5.74, 6) is 0.765. The Morgan fingerprint density at radius 2 is 2.00 bits per heavy atom. The molecule has 3 heteroatoms. The van der Waals surface area contributed by atoms with Crippen molar-refractivity contribution in [1.29, 1.82) is 0 Å². The van der Waals surface area contributed by atoms with Crippen molar-refractivity contribution in [2.24, 2.45) is 5.92 Å². The minimum absolute atomic E-state index is 0.103. The second kappa shape index (κ2) is 7.77. The van der Waals surface area contributed by atoms with Gasteiger partial charge in [-0.2, -0.15) is 0 Å². The summed E-state index contributed by atoms with van der Waals surface area (Å²) in [6, 6.07) is 8.63. The predicted molar refractivity (Wildman–Crippen MR) is 91.7 cm³/mol. The number of carbonyl (C=O) groups is 1. The molecule has 0 aromatic heterocycles. The molecular weight excluding hydrogens is 272 g/mol. The van der Waals surface area contributed by atoms with E-state index in [1.54, 1.807) is 0 Å². The lowest BCUT2D eigenvalue weighted by atomic mass is 9.86. The number of likely N-dealkylation sites (N-methyl/N-ethyl adjacent to an activating group) is 1. The third kappa shape index (κ3) is 4.33. The summed E-state index contributed by atoms with van der Waals surface area (Å²) in [5, 5.41) is 3.27. The largest absolute Gasteiger partial charge is 0.352 e. The maximum absolute atomic E-state index is 12.5. The van der Waals surface area contributed by atoms with Crippen molar-refractivity contribution in [3.63, 3.8) is 0 Å². The number of aryl methyl sites for hydroxylation is 1. The number of nitrogens with zero attached hydrogens (tertiary/aromatic N) is 1. The molecule has 22 heavy (non-hydrogen) atoms. The zero-order valence-corrected chi connectivity index (χ0v) is 14.4. The van der Waals surface area contributed by atoms with E-state index in [1.807, 2.05) is 14.0 Å². The van der Waals surface area contributed by atoms with Gasteiger partial charge < -0.3 is 5.32 Å². The van der Waals surface area contributed by atoms with E-state index in [-0.39, 0.29) is 11.9 Å². The number of nitrogens with one attached hydrogen (secondary N) is 1. The van der Waals surface area contributed by atoms with Crippen molar-refractivity contribution in [2.75, 3.05) is 7.05 Å². The van der Waals surface area contributed by atoms with Crippen LogP contribution in [0.15, 0.2) is 24.3 Å². The number of carbonyl (C=O) groups excluding carboxylic acids is 1. The Bertz CT molecular complexity index is 500. The molecule has 1 amide bonds. The van der Waals surface area contributed by atoms with Crippen molar-refractivity contribution < 1.29 is 4.79 Å². The molecule has 1 aromatic carbocycles. The molecule has 0 saturated heterocycles. The summed E-state index contributed by atoms with van der Waals surface area (Å²) in [6.45, 7) is 7.19. The van der Waals surface area contributed by atoms with E-state index < -0.39 is 0 Å². The van der Waals surface area contributed by atoms with Crippen LogP contribution in [-0.4, -0.2) is 29.9 Å². The van der Waals surface area contributed by atoms with E-state index >= 15 is 0 Å². The standard InChI is InChI=1S/C19H30N2O/c1-14-9-5-7-11-17(14)13-21(4)16(3)19(22)20-18-12-8-6-10-15(18)2/h5,7,9,11,15-16,18H,6,8,10,12-13H2,1-4H3,(H,20,22). The van der Waals surface area contributed by atoms with Crippen molar-refractivity contribution in [3.05, 3.63) is 35.4 Å². The molecule has 0 spiro atoms. The van der Waals surface area contributed by atoms with Crippen LogP contribution in [-0.2, 0) is 11.3 Å². The highest BCUT2D eigenvalue weighted by Gasteiger charge is 2.26. The second-order valence-electron chi connectivity index (χ2n) is 6.89. The van der Waals surface area contributed by atoms with Crippen molar-refractivity contribution in [2.45, 2.75) is 65.1 Å². The number of rotatable bonds is 5. The first-order valence-electron chi connectivity index (χ1n) is 8.54. The van der Waals surface area contributed by atoms with E-state index in [9.17, 15) is 4.79 Å². The van der Waals surface area contributed by atoms with Crippen LogP contribution in [0.4, 0.5) is 0 Å². The predicted octanol–water partition coefficient (Wildman–Crippen LogP) is 3.51. The Labute approximate surface area is 135 Å². The van der Waals surface area contributed by atoms with E-state index in [2.05, 4.69) is 48.3 Å². The molecule has 0 heterocycles. The Hall–Kier alpha value is -1.35. The molecule has 1 saturated carbocycles. The fourth-order valence-electron chi connectivity index (χ4n) is 3.23. The highest BCUT2D eigenvalue weighted by molar-refractivity contribution is 5.81. The summed E-state index contributed by atoms with van der Waals surface area (Å²) in [6.07, 6.45) is 4.90. The zero-order valence-electron chi connectivity index (χ0n) is 14.4. The minimum Gasteiger partial charge on any atom is -0.352 e. The second-order valence-corrected chi connectivity index (χ2v) is 6.89. The lowest BCUT2D eigenvalue weighted by Gasteiger charge is -2.32. The fourth-order valence-corrected chi connectivity index (χ4v) is 3.23. The number of hydrogen-bond acceptors (Lipinski definition) is 2. The van der Waals surface area contributed by atoms with E-state index in [4.69, 9.17) is 0 Å². The lowest BCUT2D eigenvalue weighted by Crippen LogP contribution is -2.49. The topological polar surface area (TPSA) is 32.3 Å². The van der Waals surface area contributed by atoms with Gasteiger partial charge in [0.25, 0.3) is 0 Å². The molecule has 1 aromatic rings. The van der Waals surface area contributed by atoms with Crippen LogP contribution >= 0.6 is 0 Å². The Morgan fingerprint density at radius 1 is 1.32 bits per heavy atom. The first-order chi connectivity index (χ1) is 10.5. The molecule has 122 valence electrons. The first-order valence-corrected chi connectivity index (χ1v) is 8.54. The average Bonchev–Trinajstić information content (AvgIpc) is 2.51. The maximum atomic E-state index is 12.5. The van der Waals surface area contributed by atoms with Gasteiger partial charge in [0.05, 0.1) is 6.04 Å². The van der Waals surface area contributed by atoms with Crippen LogP contribution in [0, 0.1) is 12.8 Å². The summed E-state index contributed by atoms with van der Waals surface area (Å²) < 4.78 is 0. The van der Waals surface area contributed by atoms with Crippen molar-refractivity contribution in [1.82, 2.24) is 10.2 Å². The van der Waals surface area contributed by atoms with Crippen molar-refractivity contribution in [3.8, 4) is 0 Å². The molecule has 1 aliphatic rings. The van der Waals surface area contributed by atoms with Crippen LogP contribution in [0.25, 0.3) is 0 Å². The quantitative estimate of drug-likeness (QED) is 0.902. The van der Waals surface area contributed by atoms with Gasteiger partial charge in [-0.05, 0) is 50.8 Å². The van der Waals surface area contributed by atoms with Crippen LogP contribution in [0.1, 0.15) is 50.7 Å². The molecule has 3 nitrogen and oxygen atoms in total. The van der Waals surface area contributed by atoms with Gasteiger partial charge >= 0.3 is 0 Å². The molecule has 0 aliphatic heterocycles. The molecule has 3 atom stereocenters. The summed E-state index contributed by atoms with van der Waals surface area (Å²) in [7, 11) is 2.03. The fraction of sp³-hybridized carbons (Fsp3) is 0.632. The normalized spacial score (nSPS) is 23.3.